The first-order valence-corrected chi connectivity index (χ1v) is 6.83. The van der Waals surface area contributed by atoms with Crippen molar-refractivity contribution in [1.82, 2.24) is 15.5 Å². The minimum absolute atomic E-state index is 0.0218. The van der Waals surface area contributed by atoms with Gasteiger partial charge in [0.2, 0.25) is 5.91 Å². The molecule has 1 heterocycles. The van der Waals surface area contributed by atoms with E-state index in [0.717, 1.165) is 32.5 Å². The van der Waals surface area contributed by atoms with Crippen LogP contribution in [0.2, 0.25) is 0 Å². The molecule has 4 nitrogen and oxygen atoms in total. The summed E-state index contributed by atoms with van der Waals surface area (Å²) in [5.41, 5.74) is 0. The van der Waals surface area contributed by atoms with E-state index in [4.69, 9.17) is 0 Å². The summed E-state index contributed by atoms with van der Waals surface area (Å²) in [6.45, 7) is 11.3. The molecule has 4 heteroatoms. The summed E-state index contributed by atoms with van der Waals surface area (Å²) in [4.78, 5) is 14.4. The van der Waals surface area contributed by atoms with Crippen LogP contribution < -0.4 is 10.6 Å². The van der Waals surface area contributed by atoms with Crippen molar-refractivity contribution in [3.05, 3.63) is 0 Å². The Morgan fingerprint density at radius 3 is 2.82 bits per heavy atom. The van der Waals surface area contributed by atoms with Crippen molar-refractivity contribution < 1.29 is 4.79 Å². The molecule has 0 aromatic rings. The van der Waals surface area contributed by atoms with Crippen LogP contribution in [0, 0.1) is 0 Å². The fourth-order valence-electron chi connectivity index (χ4n) is 2.45. The molecule has 0 radical (unpaired) electrons. The average molecular weight is 241 g/mol. The first kappa shape index (κ1) is 14.5. The number of carbonyl (C=O) groups is 1. The maximum absolute atomic E-state index is 12.1. The highest BCUT2D eigenvalue weighted by atomic mass is 16.2. The molecule has 1 amide bonds. The van der Waals surface area contributed by atoms with Gasteiger partial charge in [-0.3, -0.25) is 9.69 Å². The van der Waals surface area contributed by atoms with Gasteiger partial charge < -0.3 is 10.6 Å². The number of nitrogens with one attached hydrogen (secondary N) is 2. The highest BCUT2D eigenvalue weighted by Gasteiger charge is 2.27. The highest BCUT2D eigenvalue weighted by molar-refractivity contribution is 5.81. The van der Waals surface area contributed by atoms with Gasteiger partial charge in [0.05, 0.1) is 6.04 Å². The molecule has 1 saturated heterocycles. The maximum atomic E-state index is 12.1. The van der Waals surface area contributed by atoms with Crippen molar-refractivity contribution in [2.45, 2.75) is 58.7 Å². The fraction of sp³-hybridized carbons (Fsp3) is 0.923. The van der Waals surface area contributed by atoms with Crippen LogP contribution in [0.1, 0.15) is 40.5 Å². The number of carbonyl (C=O) groups excluding carboxylic acids is 1. The normalized spacial score (nSPS) is 25.3. The van der Waals surface area contributed by atoms with Crippen LogP contribution in [-0.2, 0) is 4.79 Å². The van der Waals surface area contributed by atoms with Crippen LogP contribution in [0.5, 0.6) is 0 Å². The Bertz CT molecular complexity index is 245. The van der Waals surface area contributed by atoms with Crippen LogP contribution in [0.15, 0.2) is 0 Å². The fourth-order valence-corrected chi connectivity index (χ4v) is 2.45. The minimum atomic E-state index is -0.0218. The van der Waals surface area contributed by atoms with Gasteiger partial charge in [-0.05, 0) is 27.2 Å². The molecular weight excluding hydrogens is 214 g/mol. The van der Waals surface area contributed by atoms with Crippen LogP contribution in [-0.4, -0.2) is 48.6 Å². The van der Waals surface area contributed by atoms with Crippen molar-refractivity contribution in [2.75, 3.05) is 19.6 Å². The van der Waals surface area contributed by atoms with Gasteiger partial charge in [0.15, 0.2) is 0 Å². The largest absolute Gasteiger partial charge is 0.352 e. The highest BCUT2D eigenvalue weighted by Crippen LogP contribution is 2.08. The smallest absolute Gasteiger partial charge is 0.237 e. The van der Waals surface area contributed by atoms with E-state index in [1.807, 2.05) is 6.92 Å². The molecule has 0 aromatic carbocycles. The number of rotatable bonds is 5. The van der Waals surface area contributed by atoms with E-state index < -0.39 is 0 Å². The molecule has 17 heavy (non-hydrogen) atoms. The third kappa shape index (κ3) is 4.28. The second-order valence-electron chi connectivity index (χ2n) is 5.17. The summed E-state index contributed by atoms with van der Waals surface area (Å²) in [6, 6.07) is 0.700. The standard InChI is InChI=1S/C13H27N3O/c1-5-6-10(2)15-13(17)12(4)16-8-7-14-9-11(16)3/h10-12,14H,5-9H2,1-4H3,(H,15,17)/t10?,11-,12?/m0/s1. The Hall–Kier alpha value is -0.610. The third-order valence-electron chi connectivity index (χ3n) is 3.54. The zero-order valence-electron chi connectivity index (χ0n) is 11.6. The molecule has 2 unspecified atom stereocenters. The lowest BCUT2D eigenvalue weighted by atomic mass is 10.1. The van der Waals surface area contributed by atoms with Crippen LogP contribution in [0.3, 0.4) is 0 Å². The van der Waals surface area contributed by atoms with E-state index in [1.54, 1.807) is 0 Å². The number of nitrogens with zero attached hydrogens (tertiary/aromatic N) is 1. The molecule has 0 saturated carbocycles. The molecule has 1 aliphatic rings. The molecule has 1 fully saturated rings. The van der Waals surface area contributed by atoms with Crippen molar-refractivity contribution in [3.63, 3.8) is 0 Å². The van der Waals surface area contributed by atoms with Crippen LogP contribution >= 0.6 is 0 Å². The summed E-state index contributed by atoms with van der Waals surface area (Å²) in [6.07, 6.45) is 2.16. The second kappa shape index (κ2) is 6.97. The Balaban J connectivity index is 2.44. The quantitative estimate of drug-likeness (QED) is 0.754. The number of hydrogen-bond donors (Lipinski definition) is 2. The lowest BCUT2D eigenvalue weighted by molar-refractivity contribution is -0.127. The van der Waals surface area contributed by atoms with Crippen LogP contribution in [0.25, 0.3) is 0 Å². The Labute approximate surface area is 105 Å². The van der Waals surface area contributed by atoms with E-state index in [1.165, 1.54) is 0 Å². The molecule has 0 bridgehead atoms. The topological polar surface area (TPSA) is 44.4 Å². The van der Waals surface area contributed by atoms with Gasteiger partial charge in [-0.2, -0.15) is 0 Å². The maximum Gasteiger partial charge on any atom is 0.237 e. The van der Waals surface area contributed by atoms with Gasteiger partial charge in [-0.1, -0.05) is 13.3 Å². The van der Waals surface area contributed by atoms with Crippen LogP contribution in [0.4, 0.5) is 0 Å². The van der Waals surface area contributed by atoms with Gasteiger partial charge in [-0.25, -0.2) is 0 Å². The van der Waals surface area contributed by atoms with Gasteiger partial charge in [0, 0.05) is 31.7 Å². The Morgan fingerprint density at radius 1 is 1.53 bits per heavy atom. The third-order valence-corrected chi connectivity index (χ3v) is 3.54. The van der Waals surface area contributed by atoms with Crippen molar-refractivity contribution in [3.8, 4) is 0 Å². The first-order valence-electron chi connectivity index (χ1n) is 6.83. The molecule has 2 N–H and O–H groups in total. The number of piperazine rings is 1. The zero-order valence-corrected chi connectivity index (χ0v) is 11.6. The monoisotopic (exact) mass is 241 g/mol. The predicted octanol–water partition coefficient (Wildman–Crippen LogP) is 0.973. The SMILES string of the molecule is CCCC(C)NC(=O)C(C)N1CCNC[C@@H]1C. The van der Waals surface area contributed by atoms with E-state index in [0.29, 0.717) is 6.04 Å². The second-order valence-corrected chi connectivity index (χ2v) is 5.17. The Morgan fingerprint density at radius 2 is 2.24 bits per heavy atom. The van der Waals surface area contributed by atoms with Crippen molar-refractivity contribution in [1.29, 1.82) is 0 Å². The number of hydrogen-bond acceptors (Lipinski definition) is 3. The van der Waals surface area contributed by atoms with Crippen molar-refractivity contribution in [2.24, 2.45) is 0 Å². The molecule has 1 aliphatic heterocycles. The summed E-state index contributed by atoms with van der Waals surface area (Å²) >= 11 is 0. The lowest BCUT2D eigenvalue weighted by Crippen LogP contribution is -2.57. The molecule has 1 rings (SSSR count). The molecular formula is C13H27N3O. The Kier molecular flexibility index (Phi) is 5.92. The van der Waals surface area contributed by atoms with E-state index in [9.17, 15) is 4.79 Å². The van der Waals surface area contributed by atoms with E-state index in [-0.39, 0.29) is 18.0 Å². The van der Waals surface area contributed by atoms with E-state index in [2.05, 4.69) is 36.3 Å². The molecule has 0 aromatic heterocycles. The summed E-state index contributed by atoms with van der Waals surface area (Å²) in [7, 11) is 0. The summed E-state index contributed by atoms with van der Waals surface area (Å²) in [5.74, 6) is 0.166. The number of amides is 1. The van der Waals surface area contributed by atoms with Gasteiger partial charge in [-0.15, -0.1) is 0 Å². The van der Waals surface area contributed by atoms with Crippen molar-refractivity contribution >= 4 is 5.91 Å². The lowest BCUT2D eigenvalue weighted by Gasteiger charge is -2.37. The first-order chi connectivity index (χ1) is 8.06. The molecule has 100 valence electrons. The van der Waals surface area contributed by atoms with E-state index >= 15 is 0 Å². The molecule has 0 spiro atoms. The molecule has 3 atom stereocenters. The predicted molar refractivity (Wildman–Crippen MR) is 71.0 cm³/mol. The summed E-state index contributed by atoms with van der Waals surface area (Å²) in [5, 5.41) is 6.44. The zero-order chi connectivity index (χ0) is 12.8. The van der Waals surface area contributed by atoms with Gasteiger partial charge >= 0.3 is 0 Å². The average Bonchev–Trinajstić information content (AvgIpc) is 2.29. The molecule has 0 aliphatic carbocycles. The minimum Gasteiger partial charge on any atom is -0.352 e. The summed E-state index contributed by atoms with van der Waals surface area (Å²) < 4.78 is 0. The van der Waals surface area contributed by atoms with Gasteiger partial charge in [0.1, 0.15) is 0 Å². The van der Waals surface area contributed by atoms with Gasteiger partial charge in [0.25, 0.3) is 0 Å².